The first kappa shape index (κ1) is 21.1. The predicted octanol–water partition coefficient (Wildman–Crippen LogP) is 1.77. The van der Waals surface area contributed by atoms with Crippen LogP contribution in [0.25, 0.3) is 0 Å². The van der Waals surface area contributed by atoms with Crippen LogP contribution in [0.15, 0.2) is 18.2 Å². The summed E-state index contributed by atoms with van der Waals surface area (Å²) >= 11 is 0. The van der Waals surface area contributed by atoms with Crippen LogP contribution in [0.3, 0.4) is 0 Å². The number of benzene rings is 1. The summed E-state index contributed by atoms with van der Waals surface area (Å²) in [5.41, 5.74) is 6.61. The number of alkyl carbamates (subject to hydrolysis) is 1. The number of hydrogen-bond acceptors (Lipinski definition) is 6. The third-order valence-electron chi connectivity index (χ3n) is 3.81. The number of amides is 2. The van der Waals surface area contributed by atoms with Gasteiger partial charge in [-0.05, 0) is 44.9 Å². The molecule has 0 aliphatic carbocycles. The number of carbonyl (C=O) groups excluding carboxylic acids is 2. The molecule has 1 aromatic carbocycles. The first-order valence-corrected chi connectivity index (χ1v) is 8.48. The van der Waals surface area contributed by atoms with Crippen molar-refractivity contribution in [2.45, 2.75) is 32.7 Å². The van der Waals surface area contributed by atoms with Gasteiger partial charge in [0.25, 0.3) is 0 Å². The molecule has 0 radical (unpaired) electrons. The van der Waals surface area contributed by atoms with Crippen molar-refractivity contribution in [3.8, 4) is 11.8 Å². The minimum Gasteiger partial charge on any atom is -0.497 e. The van der Waals surface area contributed by atoms with Crippen molar-refractivity contribution in [3.63, 3.8) is 0 Å². The zero-order chi connectivity index (χ0) is 19.5. The third kappa shape index (κ3) is 6.51. The average Bonchev–Trinajstić information content (AvgIpc) is 3.16. The predicted molar refractivity (Wildman–Crippen MR) is 98.0 cm³/mol. The van der Waals surface area contributed by atoms with E-state index >= 15 is 0 Å². The normalized spacial score (nSPS) is 13.7. The van der Waals surface area contributed by atoms with Gasteiger partial charge in [0.15, 0.2) is 0 Å². The van der Waals surface area contributed by atoms with Crippen LogP contribution in [0, 0.1) is 11.3 Å². The number of carbonyl (C=O) groups is 2. The maximum atomic E-state index is 10.6. The zero-order valence-corrected chi connectivity index (χ0v) is 15.4. The number of nitrogens with zero attached hydrogens (tertiary/aromatic N) is 2. The molecule has 1 aliphatic heterocycles. The van der Waals surface area contributed by atoms with Gasteiger partial charge in [-0.2, -0.15) is 5.26 Å². The Morgan fingerprint density at radius 2 is 2.04 bits per heavy atom. The fraction of sp³-hybridized carbons (Fsp3) is 0.500. The average molecular weight is 362 g/mol. The Morgan fingerprint density at radius 3 is 2.54 bits per heavy atom. The van der Waals surface area contributed by atoms with Crippen LogP contribution in [0.5, 0.6) is 5.75 Å². The highest BCUT2D eigenvalue weighted by molar-refractivity contribution is 5.83. The van der Waals surface area contributed by atoms with Gasteiger partial charge in [-0.15, -0.1) is 0 Å². The van der Waals surface area contributed by atoms with E-state index in [1.165, 1.54) is 19.8 Å². The number of nitrogens with one attached hydrogen (secondary N) is 1. The fourth-order valence-electron chi connectivity index (χ4n) is 2.39. The van der Waals surface area contributed by atoms with Crippen LogP contribution in [-0.4, -0.2) is 44.8 Å². The van der Waals surface area contributed by atoms with Crippen molar-refractivity contribution in [1.82, 2.24) is 5.32 Å². The van der Waals surface area contributed by atoms with E-state index in [1.807, 2.05) is 12.1 Å². The highest BCUT2D eigenvalue weighted by Gasteiger charge is 2.16. The van der Waals surface area contributed by atoms with E-state index in [2.05, 4.69) is 21.0 Å². The molecular weight excluding hydrogens is 336 g/mol. The number of methoxy groups -OCH3 is 1. The van der Waals surface area contributed by atoms with E-state index in [9.17, 15) is 9.59 Å². The molecule has 3 N–H and O–H groups in total. The summed E-state index contributed by atoms with van der Waals surface area (Å²) < 4.78 is 9.61. The summed E-state index contributed by atoms with van der Waals surface area (Å²) in [5, 5.41) is 11.3. The highest BCUT2D eigenvalue weighted by Crippen LogP contribution is 2.27. The van der Waals surface area contributed by atoms with Gasteiger partial charge in [0.2, 0.25) is 5.91 Å². The van der Waals surface area contributed by atoms with Gasteiger partial charge in [0, 0.05) is 13.1 Å². The minimum atomic E-state index is -0.686. The van der Waals surface area contributed by atoms with Gasteiger partial charge in [0.05, 0.1) is 25.0 Å². The number of hydrogen-bond donors (Lipinski definition) is 2. The largest absolute Gasteiger partial charge is 0.497 e. The second-order valence-electron chi connectivity index (χ2n) is 5.68. The van der Waals surface area contributed by atoms with Crippen molar-refractivity contribution in [2.75, 3.05) is 31.7 Å². The van der Waals surface area contributed by atoms with Gasteiger partial charge in [-0.3, -0.25) is 4.79 Å². The Balaban J connectivity index is 0.000000276. The summed E-state index contributed by atoms with van der Waals surface area (Å²) in [6, 6.07) is 7.22. The van der Waals surface area contributed by atoms with Crippen LogP contribution < -0.4 is 20.7 Å². The molecule has 0 bridgehead atoms. The molecule has 0 saturated carbocycles. The Morgan fingerprint density at radius 1 is 1.38 bits per heavy atom. The number of rotatable bonds is 5. The van der Waals surface area contributed by atoms with Crippen LogP contribution in [0.1, 0.15) is 32.3 Å². The number of nitriles is 1. The monoisotopic (exact) mass is 362 g/mol. The van der Waals surface area contributed by atoms with Gasteiger partial charge >= 0.3 is 6.09 Å². The number of ether oxygens (including phenoxy) is 2. The lowest BCUT2D eigenvalue weighted by Crippen LogP contribution is -2.42. The second kappa shape index (κ2) is 10.8. The minimum absolute atomic E-state index is 0.275. The molecule has 26 heavy (non-hydrogen) atoms. The second-order valence-corrected chi connectivity index (χ2v) is 5.68. The quantitative estimate of drug-likeness (QED) is 0.824. The Bertz CT molecular complexity index is 651. The van der Waals surface area contributed by atoms with E-state index in [4.69, 9.17) is 15.7 Å². The standard InChI is InChI=1S/C12H14N2O.C6H12N2O3/c1-15-11-4-5-12(10(8-11)9-13)14-6-2-3-7-14;1-3-11-6(10)8-4(2)5(7)9/h4-5,8H,2-3,6-7H2,1H3;4H,3H2,1-2H3,(H2,7,9)(H,8,10). The fourth-order valence-corrected chi connectivity index (χ4v) is 2.39. The van der Waals surface area contributed by atoms with E-state index in [1.54, 1.807) is 20.1 Å². The van der Waals surface area contributed by atoms with E-state index < -0.39 is 18.0 Å². The molecule has 1 saturated heterocycles. The summed E-state index contributed by atoms with van der Waals surface area (Å²) in [6.45, 7) is 5.55. The Hall–Kier alpha value is -2.95. The van der Waals surface area contributed by atoms with Crippen LogP contribution in [0.4, 0.5) is 10.5 Å². The zero-order valence-electron chi connectivity index (χ0n) is 15.4. The molecule has 8 nitrogen and oxygen atoms in total. The van der Waals surface area contributed by atoms with Gasteiger partial charge < -0.3 is 25.4 Å². The molecule has 0 spiro atoms. The molecule has 2 rings (SSSR count). The Kier molecular flexibility index (Phi) is 8.78. The van der Waals surface area contributed by atoms with Crippen molar-refractivity contribution >= 4 is 17.7 Å². The lowest BCUT2D eigenvalue weighted by molar-refractivity contribution is -0.119. The van der Waals surface area contributed by atoms with E-state index in [0.29, 0.717) is 5.56 Å². The van der Waals surface area contributed by atoms with E-state index in [0.717, 1.165) is 24.5 Å². The molecule has 1 fully saturated rings. The molecule has 1 unspecified atom stereocenters. The topological polar surface area (TPSA) is 118 Å². The summed E-state index contributed by atoms with van der Waals surface area (Å²) in [7, 11) is 1.62. The smallest absolute Gasteiger partial charge is 0.407 e. The maximum absolute atomic E-state index is 10.6. The first-order valence-electron chi connectivity index (χ1n) is 8.48. The molecule has 1 aromatic rings. The lowest BCUT2D eigenvalue weighted by Gasteiger charge is -2.19. The van der Waals surface area contributed by atoms with Crippen LogP contribution in [-0.2, 0) is 9.53 Å². The number of primary amides is 1. The van der Waals surface area contributed by atoms with Gasteiger partial charge in [-0.25, -0.2) is 4.79 Å². The Labute approximate surface area is 153 Å². The summed E-state index contributed by atoms with van der Waals surface area (Å²) in [6.07, 6.45) is 1.81. The van der Waals surface area contributed by atoms with Crippen molar-refractivity contribution in [2.24, 2.45) is 5.73 Å². The maximum Gasteiger partial charge on any atom is 0.407 e. The van der Waals surface area contributed by atoms with Gasteiger partial charge in [0.1, 0.15) is 17.9 Å². The molecule has 1 aliphatic rings. The molecule has 8 heteroatoms. The SMILES string of the molecule is CCOC(=O)NC(C)C(N)=O.COc1ccc(N2CCCC2)c(C#N)c1. The highest BCUT2D eigenvalue weighted by atomic mass is 16.5. The van der Waals surface area contributed by atoms with Crippen molar-refractivity contribution in [1.29, 1.82) is 5.26 Å². The third-order valence-corrected chi connectivity index (χ3v) is 3.81. The van der Waals surface area contributed by atoms with Crippen LogP contribution in [0.2, 0.25) is 0 Å². The summed E-state index contributed by atoms with van der Waals surface area (Å²) in [4.78, 5) is 23.3. The molecule has 142 valence electrons. The molecular formula is C18H26N4O4. The van der Waals surface area contributed by atoms with Gasteiger partial charge in [-0.1, -0.05) is 0 Å². The molecule has 0 aromatic heterocycles. The van der Waals surface area contributed by atoms with Crippen LogP contribution >= 0.6 is 0 Å². The number of anilines is 1. The molecule has 1 heterocycles. The lowest BCUT2D eigenvalue weighted by atomic mass is 10.1. The first-order chi connectivity index (χ1) is 12.4. The van der Waals surface area contributed by atoms with Crippen molar-refractivity contribution < 1.29 is 19.1 Å². The molecule has 1 atom stereocenters. The number of nitrogens with two attached hydrogens (primary N) is 1. The van der Waals surface area contributed by atoms with Crippen molar-refractivity contribution in [3.05, 3.63) is 23.8 Å². The molecule has 2 amide bonds. The summed E-state index contributed by atoms with van der Waals surface area (Å²) in [5.74, 6) is 0.160. The van der Waals surface area contributed by atoms with E-state index in [-0.39, 0.29) is 6.61 Å².